The Morgan fingerprint density at radius 2 is 1.82 bits per heavy atom. The Morgan fingerprint density at radius 3 is 2.65 bits per heavy atom. The molecule has 0 unspecified atom stereocenters. The highest BCUT2D eigenvalue weighted by Gasteiger charge is 2.11. The van der Waals surface area contributed by atoms with Crippen molar-refractivity contribution in [1.82, 2.24) is 0 Å². The van der Waals surface area contributed by atoms with Crippen LogP contribution in [0.4, 0.5) is 0 Å². The summed E-state index contributed by atoms with van der Waals surface area (Å²) >= 11 is 0. The van der Waals surface area contributed by atoms with E-state index >= 15 is 0 Å². The van der Waals surface area contributed by atoms with Crippen molar-refractivity contribution in [2.24, 2.45) is 5.73 Å². The van der Waals surface area contributed by atoms with Crippen LogP contribution in [0.3, 0.4) is 0 Å². The van der Waals surface area contributed by atoms with Crippen molar-refractivity contribution in [3.8, 4) is 0 Å². The zero-order valence-corrected chi connectivity index (χ0v) is 9.91. The van der Waals surface area contributed by atoms with Crippen LogP contribution in [0.15, 0.2) is 34.7 Å². The van der Waals surface area contributed by atoms with Crippen molar-refractivity contribution >= 4 is 0 Å². The minimum atomic E-state index is 0.476. The first-order valence-corrected chi connectivity index (χ1v) is 6.23. The van der Waals surface area contributed by atoms with Crippen molar-refractivity contribution in [2.45, 2.75) is 32.2 Å². The quantitative estimate of drug-likeness (QED) is 0.875. The average molecular weight is 227 g/mol. The lowest BCUT2D eigenvalue weighted by Crippen LogP contribution is -1.93. The fourth-order valence-corrected chi connectivity index (χ4v) is 2.56. The molecule has 88 valence electrons. The van der Waals surface area contributed by atoms with E-state index in [2.05, 4.69) is 18.2 Å². The molecule has 0 spiro atoms. The van der Waals surface area contributed by atoms with Gasteiger partial charge >= 0.3 is 0 Å². The Labute approximate surface area is 101 Å². The molecule has 0 radical (unpaired) electrons. The van der Waals surface area contributed by atoms with Crippen molar-refractivity contribution < 1.29 is 4.42 Å². The summed E-state index contributed by atoms with van der Waals surface area (Å²) in [5.74, 6) is 1.87. The first-order chi connectivity index (χ1) is 8.35. The van der Waals surface area contributed by atoms with Gasteiger partial charge in [-0.05, 0) is 48.1 Å². The predicted molar refractivity (Wildman–Crippen MR) is 67.9 cm³/mol. The second-order valence-electron chi connectivity index (χ2n) is 4.71. The molecule has 0 aliphatic heterocycles. The van der Waals surface area contributed by atoms with Crippen LogP contribution in [0.2, 0.25) is 0 Å². The van der Waals surface area contributed by atoms with Crippen LogP contribution in [-0.2, 0) is 25.8 Å². The van der Waals surface area contributed by atoms with E-state index < -0.39 is 0 Å². The third kappa shape index (κ3) is 2.13. The zero-order chi connectivity index (χ0) is 11.7. The summed E-state index contributed by atoms with van der Waals surface area (Å²) in [6.45, 7) is 0.476. The molecule has 2 heteroatoms. The second kappa shape index (κ2) is 4.38. The van der Waals surface area contributed by atoms with E-state index in [1.54, 1.807) is 0 Å². The number of fused-ring (bicyclic) bond motifs is 1. The third-order valence-electron chi connectivity index (χ3n) is 3.46. The van der Waals surface area contributed by atoms with Crippen LogP contribution in [0.25, 0.3) is 0 Å². The zero-order valence-electron chi connectivity index (χ0n) is 9.91. The SMILES string of the molecule is NCc1ccc(Cc2ccc3c(c2)CCC3)o1. The molecule has 1 aliphatic rings. The van der Waals surface area contributed by atoms with Crippen molar-refractivity contribution in [3.05, 3.63) is 58.5 Å². The highest BCUT2D eigenvalue weighted by molar-refractivity contribution is 5.36. The topological polar surface area (TPSA) is 39.2 Å². The van der Waals surface area contributed by atoms with Gasteiger partial charge in [-0.25, -0.2) is 0 Å². The Kier molecular flexibility index (Phi) is 2.73. The number of benzene rings is 1. The normalized spacial score (nSPS) is 13.9. The molecule has 0 bridgehead atoms. The smallest absolute Gasteiger partial charge is 0.117 e. The van der Waals surface area contributed by atoms with Gasteiger partial charge in [0.25, 0.3) is 0 Å². The van der Waals surface area contributed by atoms with Crippen LogP contribution in [0, 0.1) is 0 Å². The molecule has 2 aromatic rings. The number of aryl methyl sites for hydroxylation is 2. The Morgan fingerprint density at radius 1 is 1.00 bits per heavy atom. The van der Waals surface area contributed by atoms with Gasteiger partial charge in [-0.15, -0.1) is 0 Å². The molecule has 0 amide bonds. The van der Waals surface area contributed by atoms with E-state index in [4.69, 9.17) is 10.2 Å². The monoisotopic (exact) mass is 227 g/mol. The predicted octanol–water partition coefficient (Wildman–Crippen LogP) is 2.82. The molecule has 3 rings (SSSR count). The van der Waals surface area contributed by atoms with Gasteiger partial charge in [0.1, 0.15) is 11.5 Å². The maximum Gasteiger partial charge on any atom is 0.117 e. The molecular formula is C15H17NO. The second-order valence-corrected chi connectivity index (χ2v) is 4.71. The molecule has 0 atom stereocenters. The Balaban J connectivity index is 1.80. The molecule has 1 aliphatic carbocycles. The van der Waals surface area contributed by atoms with Gasteiger partial charge in [0.05, 0.1) is 6.54 Å². The van der Waals surface area contributed by atoms with Gasteiger partial charge in [0, 0.05) is 6.42 Å². The van der Waals surface area contributed by atoms with Gasteiger partial charge < -0.3 is 10.2 Å². The lowest BCUT2D eigenvalue weighted by atomic mass is 10.0. The summed E-state index contributed by atoms with van der Waals surface area (Å²) in [5.41, 5.74) is 9.92. The van der Waals surface area contributed by atoms with E-state index in [-0.39, 0.29) is 0 Å². The number of furan rings is 1. The maximum atomic E-state index is 5.63. The van der Waals surface area contributed by atoms with Gasteiger partial charge in [-0.2, -0.15) is 0 Å². The van der Waals surface area contributed by atoms with E-state index in [0.717, 1.165) is 17.9 Å². The van der Waals surface area contributed by atoms with Gasteiger partial charge in [-0.1, -0.05) is 18.2 Å². The highest BCUT2D eigenvalue weighted by Crippen LogP contribution is 2.24. The molecule has 2 N–H and O–H groups in total. The van der Waals surface area contributed by atoms with Crippen LogP contribution in [0.5, 0.6) is 0 Å². The van der Waals surface area contributed by atoms with Crippen LogP contribution >= 0.6 is 0 Å². The summed E-state index contributed by atoms with van der Waals surface area (Å²) in [6.07, 6.45) is 4.65. The number of rotatable bonds is 3. The minimum absolute atomic E-state index is 0.476. The molecule has 0 fully saturated rings. The fourth-order valence-electron chi connectivity index (χ4n) is 2.56. The van der Waals surface area contributed by atoms with Crippen LogP contribution < -0.4 is 5.73 Å². The van der Waals surface area contributed by atoms with E-state index in [1.165, 1.54) is 36.0 Å². The van der Waals surface area contributed by atoms with E-state index in [0.29, 0.717) is 6.54 Å². The summed E-state index contributed by atoms with van der Waals surface area (Å²) in [6, 6.07) is 10.8. The molecule has 1 heterocycles. The maximum absolute atomic E-state index is 5.63. The molecule has 0 saturated carbocycles. The van der Waals surface area contributed by atoms with Gasteiger partial charge in [0.2, 0.25) is 0 Å². The lowest BCUT2D eigenvalue weighted by Gasteiger charge is -2.03. The lowest BCUT2D eigenvalue weighted by molar-refractivity contribution is 0.475. The third-order valence-corrected chi connectivity index (χ3v) is 3.46. The van der Waals surface area contributed by atoms with E-state index in [9.17, 15) is 0 Å². The standard InChI is InChI=1S/C15H17NO/c16-10-15-7-6-14(17-15)9-11-4-5-12-2-1-3-13(12)8-11/h4-8H,1-3,9-10,16H2. The molecule has 0 saturated heterocycles. The van der Waals surface area contributed by atoms with Crippen LogP contribution in [0.1, 0.15) is 34.6 Å². The van der Waals surface area contributed by atoms with Gasteiger partial charge in [-0.3, -0.25) is 0 Å². The summed E-state index contributed by atoms with van der Waals surface area (Å²) < 4.78 is 5.63. The number of nitrogens with two attached hydrogens (primary N) is 1. The Bertz CT molecular complexity index is 527. The molecule has 1 aromatic carbocycles. The van der Waals surface area contributed by atoms with Gasteiger partial charge in [0.15, 0.2) is 0 Å². The molecular weight excluding hydrogens is 210 g/mol. The van der Waals surface area contributed by atoms with Crippen molar-refractivity contribution in [3.63, 3.8) is 0 Å². The first-order valence-electron chi connectivity index (χ1n) is 6.23. The number of hydrogen-bond donors (Lipinski definition) is 1. The number of hydrogen-bond acceptors (Lipinski definition) is 2. The Hall–Kier alpha value is -1.54. The molecule has 2 nitrogen and oxygen atoms in total. The van der Waals surface area contributed by atoms with Crippen molar-refractivity contribution in [2.75, 3.05) is 0 Å². The van der Waals surface area contributed by atoms with E-state index in [1.807, 2.05) is 12.1 Å². The fraction of sp³-hybridized carbons (Fsp3) is 0.333. The average Bonchev–Trinajstić information content (AvgIpc) is 2.96. The largest absolute Gasteiger partial charge is 0.464 e. The first kappa shape index (κ1) is 10.6. The highest BCUT2D eigenvalue weighted by atomic mass is 16.3. The summed E-state index contributed by atoms with van der Waals surface area (Å²) in [7, 11) is 0. The summed E-state index contributed by atoms with van der Waals surface area (Å²) in [4.78, 5) is 0. The molecule has 1 aromatic heterocycles. The minimum Gasteiger partial charge on any atom is -0.464 e. The molecule has 17 heavy (non-hydrogen) atoms. The summed E-state index contributed by atoms with van der Waals surface area (Å²) in [5, 5.41) is 0. The van der Waals surface area contributed by atoms with Crippen LogP contribution in [-0.4, -0.2) is 0 Å². The van der Waals surface area contributed by atoms with Crippen molar-refractivity contribution in [1.29, 1.82) is 0 Å².